The average molecular weight is 258 g/mol. The topological polar surface area (TPSA) is 37.8 Å². The Morgan fingerprint density at radius 1 is 1.56 bits per heavy atom. The minimum absolute atomic E-state index is 0.339. The predicted molar refractivity (Wildman–Crippen MR) is 70.4 cm³/mol. The van der Waals surface area contributed by atoms with Gasteiger partial charge in [0.25, 0.3) is 0 Å². The molecular formula is C11H16ClN3S. The van der Waals surface area contributed by atoms with Crippen molar-refractivity contribution >= 4 is 29.2 Å². The molecule has 0 spiro atoms. The Balaban J connectivity index is 1.98. The van der Waals surface area contributed by atoms with E-state index in [1.165, 1.54) is 18.6 Å². The monoisotopic (exact) mass is 257 g/mol. The van der Waals surface area contributed by atoms with Crippen molar-refractivity contribution < 1.29 is 0 Å². The molecule has 0 amide bonds. The molecule has 0 saturated carbocycles. The zero-order valence-corrected chi connectivity index (χ0v) is 11.2. The van der Waals surface area contributed by atoms with Gasteiger partial charge in [0, 0.05) is 17.4 Å². The lowest BCUT2D eigenvalue weighted by Crippen LogP contribution is -2.27. The van der Waals surface area contributed by atoms with Crippen LogP contribution in [0.15, 0.2) is 6.07 Å². The third kappa shape index (κ3) is 3.01. The molecule has 1 aliphatic heterocycles. The Morgan fingerprint density at radius 3 is 3.00 bits per heavy atom. The Bertz CT molecular complexity index is 357. The van der Waals surface area contributed by atoms with Crippen molar-refractivity contribution in [2.24, 2.45) is 0 Å². The minimum Gasteiger partial charge on any atom is -0.369 e. The number of hydrogen-bond donors (Lipinski definition) is 1. The molecule has 1 aromatic rings. The highest BCUT2D eigenvalue weighted by molar-refractivity contribution is 8.00. The second-order valence-electron chi connectivity index (χ2n) is 4.38. The Morgan fingerprint density at radius 2 is 2.38 bits per heavy atom. The first-order valence-electron chi connectivity index (χ1n) is 5.46. The zero-order valence-electron chi connectivity index (χ0n) is 9.59. The van der Waals surface area contributed by atoms with Gasteiger partial charge in [-0.15, -0.1) is 0 Å². The molecule has 0 radical (unpaired) electrons. The normalized spacial score (nSPS) is 24.7. The highest BCUT2D eigenvalue weighted by Crippen LogP contribution is 2.37. The van der Waals surface area contributed by atoms with Gasteiger partial charge in [-0.05, 0) is 32.4 Å². The molecular weight excluding hydrogens is 242 g/mol. The Labute approximate surface area is 105 Å². The lowest BCUT2D eigenvalue weighted by Gasteiger charge is -2.23. The summed E-state index contributed by atoms with van der Waals surface area (Å²) in [6, 6.07) is 1.78. The van der Waals surface area contributed by atoms with Gasteiger partial charge in [0.1, 0.15) is 16.8 Å². The second kappa shape index (κ2) is 4.80. The van der Waals surface area contributed by atoms with Crippen molar-refractivity contribution in [2.45, 2.75) is 31.4 Å². The predicted octanol–water partition coefficient (Wildman–Crippen LogP) is 3.14. The molecule has 3 nitrogen and oxygen atoms in total. The molecule has 2 heterocycles. The summed E-state index contributed by atoms with van der Waals surface area (Å²) in [6.07, 6.45) is 2.58. The maximum absolute atomic E-state index is 5.88. The van der Waals surface area contributed by atoms with Crippen molar-refractivity contribution in [1.29, 1.82) is 0 Å². The number of nitrogens with zero attached hydrogens (tertiary/aromatic N) is 2. The largest absolute Gasteiger partial charge is 0.369 e. The van der Waals surface area contributed by atoms with Crippen LogP contribution >= 0.6 is 23.4 Å². The molecule has 1 unspecified atom stereocenters. The van der Waals surface area contributed by atoms with E-state index in [-0.39, 0.29) is 0 Å². The van der Waals surface area contributed by atoms with Gasteiger partial charge in [0.05, 0.1) is 0 Å². The first-order valence-corrected chi connectivity index (χ1v) is 6.83. The van der Waals surface area contributed by atoms with Crippen LogP contribution in [-0.4, -0.2) is 27.0 Å². The highest BCUT2D eigenvalue weighted by atomic mass is 35.5. The number of anilines is 1. The summed E-state index contributed by atoms with van der Waals surface area (Å²) in [5.74, 6) is 2.80. The van der Waals surface area contributed by atoms with Crippen molar-refractivity contribution in [3.05, 3.63) is 17.0 Å². The number of thioether (sulfide) groups is 1. The summed E-state index contributed by atoms with van der Waals surface area (Å²) >= 11 is 7.92. The molecule has 16 heavy (non-hydrogen) atoms. The highest BCUT2D eigenvalue weighted by Gasteiger charge is 2.29. The average Bonchev–Trinajstić information content (AvgIpc) is 2.62. The third-order valence-corrected chi connectivity index (χ3v) is 4.48. The summed E-state index contributed by atoms with van der Waals surface area (Å²) in [5.41, 5.74) is 0. The van der Waals surface area contributed by atoms with Crippen LogP contribution < -0.4 is 5.32 Å². The van der Waals surface area contributed by atoms with Crippen LogP contribution in [0.1, 0.15) is 25.6 Å². The van der Waals surface area contributed by atoms with E-state index in [1.54, 1.807) is 6.07 Å². The van der Waals surface area contributed by atoms with Crippen molar-refractivity contribution in [1.82, 2.24) is 9.97 Å². The van der Waals surface area contributed by atoms with Crippen LogP contribution in [0.5, 0.6) is 0 Å². The fourth-order valence-corrected chi connectivity index (χ4v) is 3.35. The SMILES string of the molecule is Cc1nc(Cl)cc(NCC2(C)CCCS2)n1. The van der Waals surface area contributed by atoms with E-state index >= 15 is 0 Å². The number of halogens is 1. The molecule has 1 fully saturated rings. The maximum Gasteiger partial charge on any atom is 0.134 e. The second-order valence-corrected chi connectivity index (χ2v) is 6.45. The van der Waals surface area contributed by atoms with E-state index in [0.717, 1.165) is 12.4 Å². The molecule has 1 atom stereocenters. The maximum atomic E-state index is 5.88. The van der Waals surface area contributed by atoms with E-state index in [1.807, 2.05) is 18.7 Å². The number of aromatic nitrogens is 2. The lowest BCUT2D eigenvalue weighted by molar-refractivity contribution is 0.633. The number of rotatable bonds is 3. The molecule has 2 rings (SSSR count). The van der Waals surface area contributed by atoms with Crippen LogP contribution in [0, 0.1) is 6.92 Å². The molecule has 1 saturated heterocycles. The smallest absolute Gasteiger partial charge is 0.134 e. The summed E-state index contributed by atoms with van der Waals surface area (Å²) in [7, 11) is 0. The Kier molecular flexibility index (Phi) is 3.60. The van der Waals surface area contributed by atoms with E-state index in [4.69, 9.17) is 11.6 Å². The quantitative estimate of drug-likeness (QED) is 0.845. The third-order valence-electron chi connectivity index (χ3n) is 2.75. The molecule has 1 N–H and O–H groups in total. The van der Waals surface area contributed by atoms with Crippen LogP contribution in [0.4, 0.5) is 5.82 Å². The van der Waals surface area contributed by atoms with E-state index in [0.29, 0.717) is 15.7 Å². The fourth-order valence-electron chi connectivity index (χ4n) is 1.88. The van der Waals surface area contributed by atoms with E-state index in [9.17, 15) is 0 Å². The number of nitrogens with one attached hydrogen (secondary N) is 1. The summed E-state index contributed by atoms with van der Waals surface area (Å²) in [6.45, 7) is 5.08. The molecule has 1 aliphatic rings. The molecule has 88 valence electrons. The van der Waals surface area contributed by atoms with Gasteiger partial charge >= 0.3 is 0 Å². The van der Waals surface area contributed by atoms with Gasteiger partial charge in [-0.2, -0.15) is 11.8 Å². The summed E-state index contributed by atoms with van der Waals surface area (Å²) < 4.78 is 0.339. The van der Waals surface area contributed by atoms with Crippen LogP contribution in [0.3, 0.4) is 0 Å². The lowest BCUT2D eigenvalue weighted by atomic mass is 10.1. The molecule has 1 aromatic heterocycles. The number of aryl methyl sites for hydroxylation is 1. The number of hydrogen-bond acceptors (Lipinski definition) is 4. The summed E-state index contributed by atoms with van der Waals surface area (Å²) in [4.78, 5) is 8.35. The first-order chi connectivity index (χ1) is 7.57. The molecule has 0 aromatic carbocycles. The van der Waals surface area contributed by atoms with E-state index in [2.05, 4.69) is 22.2 Å². The van der Waals surface area contributed by atoms with Gasteiger partial charge in [-0.3, -0.25) is 0 Å². The van der Waals surface area contributed by atoms with Gasteiger partial charge in [-0.25, -0.2) is 9.97 Å². The Hall–Kier alpha value is -0.480. The van der Waals surface area contributed by atoms with E-state index < -0.39 is 0 Å². The van der Waals surface area contributed by atoms with Crippen LogP contribution in [0.2, 0.25) is 5.15 Å². The first kappa shape index (κ1) is 12.0. The van der Waals surface area contributed by atoms with Gasteiger partial charge < -0.3 is 5.32 Å². The van der Waals surface area contributed by atoms with Crippen LogP contribution in [0.25, 0.3) is 0 Å². The standard InChI is InChI=1S/C11H16ClN3S/c1-8-14-9(12)6-10(15-8)13-7-11(2)4-3-5-16-11/h6H,3-5,7H2,1-2H3,(H,13,14,15). The summed E-state index contributed by atoms with van der Waals surface area (Å²) in [5, 5.41) is 3.85. The van der Waals surface area contributed by atoms with Crippen molar-refractivity contribution in [3.63, 3.8) is 0 Å². The molecule has 0 aliphatic carbocycles. The minimum atomic E-state index is 0.339. The molecule has 5 heteroatoms. The van der Waals surface area contributed by atoms with Crippen molar-refractivity contribution in [3.8, 4) is 0 Å². The zero-order chi connectivity index (χ0) is 11.6. The molecule has 0 bridgehead atoms. The van der Waals surface area contributed by atoms with Crippen LogP contribution in [-0.2, 0) is 0 Å². The fraction of sp³-hybridized carbons (Fsp3) is 0.636. The van der Waals surface area contributed by atoms with Gasteiger partial charge in [0.15, 0.2) is 0 Å². The van der Waals surface area contributed by atoms with Gasteiger partial charge in [-0.1, -0.05) is 11.6 Å². The van der Waals surface area contributed by atoms with Gasteiger partial charge in [0.2, 0.25) is 0 Å². The van der Waals surface area contributed by atoms with Crippen molar-refractivity contribution in [2.75, 3.05) is 17.6 Å².